The smallest absolute Gasteiger partial charge is 0.255 e. The minimum atomic E-state index is -0.138. The zero-order chi connectivity index (χ0) is 10.1. The summed E-state index contributed by atoms with van der Waals surface area (Å²) in [5, 5.41) is 0. The SMILES string of the molecule is CC(=O)N1CCc2nc[nH]c(=O)c2C1. The Morgan fingerprint density at radius 3 is 3.14 bits per heavy atom. The summed E-state index contributed by atoms with van der Waals surface area (Å²) < 4.78 is 0. The number of hydrogen-bond donors (Lipinski definition) is 1. The Bertz CT molecular complexity index is 424. The van der Waals surface area contributed by atoms with Crippen LogP contribution < -0.4 is 5.56 Å². The summed E-state index contributed by atoms with van der Waals surface area (Å²) >= 11 is 0. The third-order valence-electron chi connectivity index (χ3n) is 2.45. The van der Waals surface area contributed by atoms with Crippen LogP contribution in [-0.4, -0.2) is 27.3 Å². The van der Waals surface area contributed by atoms with E-state index >= 15 is 0 Å². The highest BCUT2D eigenvalue weighted by Crippen LogP contribution is 2.12. The van der Waals surface area contributed by atoms with E-state index in [1.807, 2.05) is 0 Å². The van der Waals surface area contributed by atoms with Crippen molar-refractivity contribution in [1.82, 2.24) is 14.9 Å². The van der Waals surface area contributed by atoms with Crippen molar-refractivity contribution in [1.29, 1.82) is 0 Å². The molecular weight excluding hydrogens is 182 g/mol. The molecule has 0 saturated carbocycles. The first kappa shape index (κ1) is 8.93. The van der Waals surface area contributed by atoms with Crippen LogP contribution in [0.4, 0.5) is 0 Å². The number of nitrogens with one attached hydrogen (secondary N) is 1. The number of fused-ring (bicyclic) bond motifs is 1. The van der Waals surface area contributed by atoms with Crippen molar-refractivity contribution in [2.45, 2.75) is 19.9 Å². The van der Waals surface area contributed by atoms with E-state index in [2.05, 4.69) is 9.97 Å². The minimum Gasteiger partial charge on any atom is -0.338 e. The van der Waals surface area contributed by atoms with Gasteiger partial charge in [0.25, 0.3) is 5.56 Å². The van der Waals surface area contributed by atoms with E-state index in [0.29, 0.717) is 25.1 Å². The Kier molecular flexibility index (Phi) is 2.07. The van der Waals surface area contributed by atoms with Gasteiger partial charge in [0.1, 0.15) is 0 Å². The van der Waals surface area contributed by atoms with E-state index < -0.39 is 0 Å². The van der Waals surface area contributed by atoms with Gasteiger partial charge in [0.2, 0.25) is 5.91 Å². The lowest BCUT2D eigenvalue weighted by Gasteiger charge is -2.26. The van der Waals surface area contributed by atoms with Crippen molar-refractivity contribution in [3.63, 3.8) is 0 Å². The van der Waals surface area contributed by atoms with E-state index in [1.54, 1.807) is 4.90 Å². The van der Waals surface area contributed by atoms with Gasteiger partial charge < -0.3 is 9.88 Å². The minimum absolute atomic E-state index is 0.00102. The summed E-state index contributed by atoms with van der Waals surface area (Å²) in [4.78, 5) is 30.8. The Hall–Kier alpha value is -1.65. The molecule has 0 fully saturated rings. The molecule has 1 aromatic heterocycles. The summed E-state index contributed by atoms with van der Waals surface area (Å²) in [7, 11) is 0. The van der Waals surface area contributed by atoms with E-state index in [1.165, 1.54) is 13.3 Å². The normalized spacial score (nSPS) is 15.1. The van der Waals surface area contributed by atoms with Crippen LogP contribution in [0.1, 0.15) is 18.2 Å². The average molecular weight is 193 g/mol. The van der Waals surface area contributed by atoms with Gasteiger partial charge in [-0.25, -0.2) is 4.98 Å². The van der Waals surface area contributed by atoms with Crippen LogP contribution in [0.25, 0.3) is 0 Å². The number of H-pyrrole nitrogens is 1. The molecule has 14 heavy (non-hydrogen) atoms. The molecular formula is C9H11N3O2. The fraction of sp³-hybridized carbons (Fsp3) is 0.444. The molecule has 74 valence electrons. The fourth-order valence-electron chi connectivity index (χ4n) is 1.62. The molecule has 0 aromatic carbocycles. The van der Waals surface area contributed by atoms with Gasteiger partial charge in [-0.05, 0) is 0 Å². The lowest BCUT2D eigenvalue weighted by atomic mass is 10.1. The number of nitrogens with zero attached hydrogens (tertiary/aromatic N) is 2. The van der Waals surface area contributed by atoms with Gasteiger partial charge in [-0.2, -0.15) is 0 Å². The number of aromatic nitrogens is 2. The Morgan fingerprint density at radius 1 is 1.64 bits per heavy atom. The number of hydrogen-bond acceptors (Lipinski definition) is 3. The molecule has 5 heteroatoms. The van der Waals surface area contributed by atoms with Crippen molar-refractivity contribution in [3.8, 4) is 0 Å². The van der Waals surface area contributed by atoms with Crippen LogP contribution in [0.2, 0.25) is 0 Å². The molecule has 0 spiro atoms. The highest BCUT2D eigenvalue weighted by molar-refractivity contribution is 5.73. The molecule has 1 N–H and O–H groups in total. The van der Waals surface area contributed by atoms with Gasteiger partial charge in [0.05, 0.1) is 24.1 Å². The van der Waals surface area contributed by atoms with Gasteiger partial charge in [0, 0.05) is 19.9 Å². The first-order chi connectivity index (χ1) is 6.68. The number of amides is 1. The lowest BCUT2D eigenvalue weighted by molar-refractivity contribution is -0.129. The summed E-state index contributed by atoms with van der Waals surface area (Å²) in [6, 6.07) is 0. The predicted molar refractivity (Wildman–Crippen MR) is 49.7 cm³/mol. The summed E-state index contributed by atoms with van der Waals surface area (Å²) in [6.45, 7) is 2.54. The van der Waals surface area contributed by atoms with Crippen LogP contribution in [0.5, 0.6) is 0 Å². The van der Waals surface area contributed by atoms with Crippen molar-refractivity contribution < 1.29 is 4.79 Å². The average Bonchev–Trinajstić information content (AvgIpc) is 2.18. The van der Waals surface area contributed by atoms with E-state index in [0.717, 1.165) is 5.69 Å². The molecule has 1 amide bonds. The maximum atomic E-state index is 11.4. The van der Waals surface area contributed by atoms with Crippen LogP contribution in [0.3, 0.4) is 0 Å². The molecule has 1 aliphatic rings. The number of rotatable bonds is 0. The molecule has 1 aliphatic heterocycles. The zero-order valence-electron chi connectivity index (χ0n) is 7.91. The molecule has 5 nitrogen and oxygen atoms in total. The Labute approximate surface area is 80.8 Å². The van der Waals surface area contributed by atoms with Gasteiger partial charge in [-0.1, -0.05) is 0 Å². The van der Waals surface area contributed by atoms with Crippen molar-refractivity contribution in [3.05, 3.63) is 27.9 Å². The molecule has 0 bridgehead atoms. The van der Waals surface area contributed by atoms with E-state index in [-0.39, 0.29) is 11.5 Å². The second-order valence-electron chi connectivity index (χ2n) is 3.35. The second kappa shape index (κ2) is 3.25. The van der Waals surface area contributed by atoms with Crippen LogP contribution in [0, 0.1) is 0 Å². The number of carbonyl (C=O) groups is 1. The molecule has 0 aliphatic carbocycles. The van der Waals surface area contributed by atoms with Crippen molar-refractivity contribution in [2.75, 3.05) is 6.54 Å². The monoisotopic (exact) mass is 193 g/mol. The molecule has 0 atom stereocenters. The molecule has 0 radical (unpaired) electrons. The third kappa shape index (κ3) is 1.41. The van der Waals surface area contributed by atoms with Crippen molar-refractivity contribution in [2.24, 2.45) is 0 Å². The van der Waals surface area contributed by atoms with Gasteiger partial charge in [-0.3, -0.25) is 9.59 Å². The van der Waals surface area contributed by atoms with Crippen molar-refractivity contribution >= 4 is 5.91 Å². The highest BCUT2D eigenvalue weighted by Gasteiger charge is 2.20. The summed E-state index contributed by atoms with van der Waals surface area (Å²) in [6.07, 6.45) is 2.07. The Balaban J connectivity index is 2.38. The first-order valence-electron chi connectivity index (χ1n) is 4.49. The van der Waals surface area contributed by atoms with Gasteiger partial charge in [0.15, 0.2) is 0 Å². The molecule has 0 unspecified atom stereocenters. The summed E-state index contributed by atoms with van der Waals surface area (Å²) in [5.41, 5.74) is 1.29. The predicted octanol–water partition coefficient (Wildman–Crippen LogP) is -0.325. The lowest BCUT2D eigenvalue weighted by Crippen LogP contribution is -2.38. The topological polar surface area (TPSA) is 66.1 Å². The highest BCUT2D eigenvalue weighted by atomic mass is 16.2. The molecule has 1 aromatic rings. The largest absolute Gasteiger partial charge is 0.338 e. The third-order valence-corrected chi connectivity index (χ3v) is 2.45. The standard InChI is InChI=1S/C9H11N3O2/c1-6(13)12-3-2-8-7(4-12)9(14)11-5-10-8/h5H,2-4H2,1H3,(H,10,11,14). The van der Waals surface area contributed by atoms with Crippen LogP contribution in [-0.2, 0) is 17.8 Å². The van der Waals surface area contributed by atoms with Crippen LogP contribution in [0.15, 0.2) is 11.1 Å². The first-order valence-corrected chi connectivity index (χ1v) is 4.49. The van der Waals surface area contributed by atoms with Gasteiger partial charge in [-0.15, -0.1) is 0 Å². The molecule has 2 heterocycles. The zero-order valence-corrected chi connectivity index (χ0v) is 7.91. The Morgan fingerprint density at radius 2 is 2.43 bits per heavy atom. The molecule has 2 rings (SSSR count). The maximum Gasteiger partial charge on any atom is 0.255 e. The maximum absolute atomic E-state index is 11.4. The quantitative estimate of drug-likeness (QED) is 0.613. The second-order valence-corrected chi connectivity index (χ2v) is 3.35. The van der Waals surface area contributed by atoms with E-state index in [9.17, 15) is 9.59 Å². The molecule has 0 saturated heterocycles. The number of carbonyl (C=O) groups excluding carboxylic acids is 1. The van der Waals surface area contributed by atoms with Gasteiger partial charge >= 0.3 is 0 Å². The summed E-state index contributed by atoms with van der Waals surface area (Å²) in [5.74, 6) is -0.00102. The van der Waals surface area contributed by atoms with Crippen LogP contribution >= 0.6 is 0 Å². The number of aromatic amines is 1. The van der Waals surface area contributed by atoms with E-state index in [4.69, 9.17) is 0 Å². The fourth-order valence-corrected chi connectivity index (χ4v) is 1.62.